The molecule has 1 rings (SSSR count). The fraction of sp³-hybridized carbons (Fsp3) is 0.846. The van der Waals surface area contributed by atoms with Crippen molar-refractivity contribution in [3.05, 3.63) is 0 Å². The second-order valence-corrected chi connectivity index (χ2v) is 5.76. The zero-order chi connectivity index (χ0) is 14.5. The first kappa shape index (κ1) is 15.8. The molecule has 0 aromatic carbocycles. The molecule has 1 saturated heterocycles. The second kappa shape index (κ2) is 6.75. The van der Waals surface area contributed by atoms with Gasteiger partial charge < -0.3 is 19.9 Å². The van der Waals surface area contributed by atoms with Gasteiger partial charge in [-0.15, -0.1) is 0 Å². The monoisotopic (exact) mass is 273 g/mol. The van der Waals surface area contributed by atoms with Crippen molar-refractivity contribution in [2.24, 2.45) is 0 Å². The molecule has 0 radical (unpaired) electrons. The van der Waals surface area contributed by atoms with Crippen molar-refractivity contribution < 1.29 is 24.2 Å². The maximum Gasteiger partial charge on any atom is 0.407 e. The predicted octanol–water partition coefficient (Wildman–Crippen LogP) is 1.92. The molecular formula is C13H23NO5. The largest absolute Gasteiger partial charge is 0.481 e. The molecule has 6 heteroatoms. The molecule has 0 bridgehead atoms. The van der Waals surface area contributed by atoms with Gasteiger partial charge in [-0.05, 0) is 40.0 Å². The highest BCUT2D eigenvalue weighted by molar-refractivity contribution is 5.71. The van der Waals surface area contributed by atoms with Crippen LogP contribution in [0.1, 0.15) is 46.5 Å². The van der Waals surface area contributed by atoms with Gasteiger partial charge in [-0.3, -0.25) is 4.79 Å². The molecule has 2 N–H and O–H groups in total. The van der Waals surface area contributed by atoms with E-state index < -0.39 is 23.7 Å². The van der Waals surface area contributed by atoms with E-state index in [2.05, 4.69) is 5.32 Å². The Bertz CT molecular complexity index is 317. The Labute approximate surface area is 113 Å². The van der Waals surface area contributed by atoms with Gasteiger partial charge in [-0.2, -0.15) is 0 Å². The summed E-state index contributed by atoms with van der Waals surface area (Å²) in [4.78, 5) is 22.6. The summed E-state index contributed by atoms with van der Waals surface area (Å²) in [6.07, 6.45) is 1.70. The van der Waals surface area contributed by atoms with Gasteiger partial charge in [0.15, 0.2) is 0 Å². The molecule has 1 aliphatic rings. The SMILES string of the molecule is CC(C)(C)OC(=O)N[C@H](CC(=O)O)C1CCCCO1. The van der Waals surface area contributed by atoms with Crippen LogP contribution in [0.2, 0.25) is 0 Å². The number of carbonyl (C=O) groups excluding carboxylic acids is 1. The van der Waals surface area contributed by atoms with Crippen molar-refractivity contribution in [2.45, 2.75) is 64.2 Å². The van der Waals surface area contributed by atoms with Gasteiger partial charge in [0, 0.05) is 6.61 Å². The highest BCUT2D eigenvalue weighted by atomic mass is 16.6. The van der Waals surface area contributed by atoms with Crippen LogP contribution in [0.5, 0.6) is 0 Å². The Morgan fingerprint density at radius 3 is 2.58 bits per heavy atom. The summed E-state index contributed by atoms with van der Waals surface area (Å²) in [7, 11) is 0. The number of aliphatic carboxylic acids is 1. The molecule has 0 aromatic heterocycles. The average molecular weight is 273 g/mol. The summed E-state index contributed by atoms with van der Waals surface area (Å²) in [5.74, 6) is -0.963. The number of hydrogen-bond acceptors (Lipinski definition) is 4. The molecule has 6 nitrogen and oxygen atoms in total. The number of ether oxygens (including phenoxy) is 2. The third-order valence-corrected chi connectivity index (χ3v) is 2.76. The molecule has 0 spiro atoms. The van der Waals surface area contributed by atoms with E-state index >= 15 is 0 Å². The Morgan fingerprint density at radius 2 is 2.11 bits per heavy atom. The van der Waals surface area contributed by atoms with Crippen molar-refractivity contribution >= 4 is 12.1 Å². The average Bonchev–Trinajstić information content (AvgIpc) is 2.26. The van der Waals surface area contributed by atoms with E-state index in [-0.39, 0.29) is 12.5 Å². The van der Waals surface area contributed by atoms with Gasteiger partial charge in [0.25, 0.3) is 0 Å². The number of carboxylic acids is 1. The summed E-state index contributed by atoms with van der Waals surface area (Å²) in [6, 6.07) is -0.548. The minimum atomic E-state index is -0.963. The number of carbonyl (C=O) groups is 2. The third-order valence-electron chi connectivity index (χ3n) is 2.76. The number of nitrogens with one attached hydrogen (secondary N) is 1. The molecule has 19 heavy (non-hydrogen) atoms. The zero-order valence-electron chi connectivity index (χ0n) is 11.8. The Kier molecular flexibility index (Phi) is 5.60. The fourth-order valence-electron chi connectivity index (χ4n) is 2.01. The van der Waals surface area contributed by atoms with Crippen molar-refractivity contribution in [3.63, 3.8) is 0 Å². The lowest BCUT2D eigenvalue weighted by atomic mass is 10.00. The van der Waals surface area contributed by atoms with Crippen LogP contribution in [-0.4, -0.2) is 41.5 Å². The number of carboxylic acid groups (broad SMARTS) is 1. The Morgan fingerprint density at radius 1 is 1.42 bits per heavy atom. The van der Waals surface area contributed by atoms with E-state index in [1.54, 1.807) is 20.8 Å². The first-order chi connectivity index (χ1) is 8.78. The van der Waals surface area contributed by atoms with E-state index in [9.17, 15) is 9.59 Å². The van der Waals surface area contributed by atoms with Gasteiger partial charge in [0.1, 0.15) is 5.60 Å². The van der Waals surface area contributed by atoms with Crippen LogP contribution in [0.4, 0.5) is 4.79 Å². The summed E-state index contributed by atoms with van der Waals surface area (Å²) in [5, 5.41) is 11.5. The van der Waals surface area contributed by atoms with Crippen LogP contribution >= 0.6 is 0 Å². The van der Waals surface area contributed by atoms with Crippen LogP contribution in [-0.2, 0) is 14.3 Å². The van der Waals surface area contributed by atoms with Crippen LogP contribution in [0.3, 0.4) is 0 Å². The van der Waals surface area contributed by atoms with Crippen LogP contribution in [0, 0.1) is 0 Å². The van der Waals surface area contributed by atoms with E-state index in [1.165, 1.54) is 0 Å². The van der Waals surface area contributed by atoms with Crippen molar-refractivity contribution in [1.82, 2.24) is 5.32 Å². The molecule has 1 fully saturated rings. The molecule has 1 aliphatic heterocycles. The van der Waals surface area contributed by atoms with Gasteiger partial charge in [0.05, 0.1) is 18.6 Å². The van der Waals surface area contributed by atoms with Crippen molar-refractivity contribution in [1.29, 1.82) is 0 Å². The first-order valence-electron chi connectivity index (χ1n) is 6.61. The molecule has 1 amide bonds. The topological polar surface area (TPSA) is 84.9 Å². The molecule has 1 unspecified atom stereocenters. The maximum atomic E-state index is 11.7. The summed E-state index contributed by atoms with van der Waals surface area (Å²) < 4.78 is 10.7. The van der Waals surface area contributed by atoms with E-state index in [0.29, 0.717) is 6.61 Å². The third kappa shape index (κ3) is 6.42. The van der Waals surface area contributed by atoms with Crippen LogP contribution in [0.15, 0.2) is 0 Å². The number of alkyl carbamates (subject to hydrolysis) is 1. The molecular weight excluding hydrogens is 250 g/mol. The number of rotatable bonds is 4. The molecule has 1 heterocycles. The summed E-state index contributed by atoms with van der Waals surface area (Å²) in [6.45, 7) is 5.89. The van der Waals surface area contributed by atoms with E-state index in [1.807, 2.05) is 0 Å². The number of hydrogen-bond donors (Lipinski definition) is 2. The summed E-state index contributed by atoms with van der Waals surface area (Å²) in [5.41, 5.74) is -0.606. The van der Waals surface area contributed by atoms with Crippen molar-refractivity contribution in [3.8, 4) is 0 Å². The first-order valence-corrected chi connectivity index (χ1v) is 6.61. The van der Waals surface area contributed by atoms with Crippen molar-refractivity contribution in [2.75, 3.05) is 6.61 Å². The smallest absolute Gasteiger partial charge is 0.407 e. The minimum absolute atomic E-state index is 0.163. The molecule has 2 atom stereocenters. The Balaban J connectivity index is 2.58. The maximum absolute atomic E-state index is 11.7. The minimum Gasteiger partial charge on any atom is -0.481 e. The van der Waals surface area contributed by atoms with Gasteiger partial charge in [0.2, 0.25) is 0 Å². The highest BCUT2D eigenvalue weighted by Crippen LogP contribution is 2.18. The van der Waals surface area contributed by atoms with Crippen LogP contribution < -0.4 is 5.32 Å². The quantitative estimate of drug-likeness (QED) is 0.817. The molecule has 0 saturated carbocycles. The standard InChI is InChI=1S/C13H23NO5/c1-13(2,3)19-12(17)14-9(8-11(15)16)10-6-4-5-7-18-10/h9-10H,4-8H2,1-3H3,(H,14,17)(H,15,16)/t9-,10?/m1/s1. The zero-order valence-corrected chi connectivity index (χ0v) is 11.8. The molecule has 0 aromatic rings. The van der Waals surface area contributed by atoms with Gasteiger partial charge in [-0.1, -0.05) is 0 Å². The lowest BCUT2D eigenvalue weighted by molar-refractivity contribution is -0.139. The predicted molar refractivity (Wildman–Crippen MR) is 69.0 cm³/mol. The summed E-state index contributed by atoms with van der Waals surface area (Å²) >= 11 is 0. The Hall–Kier alpha value is -1.30. The fourth-order valence-corrected chi connectivity index (χ4v) is 2.01. The lowest BCUT2D eigenvalue weighted by Gasteiger charge is -2.31. The van der Waals surface area contributed by atoms with Gasteiger partial charge in [-0.25, -0.2) is 4.79 Å². The molecule has 0 aliphatic carbocycles. The molecule has 110 valence electrons. The highest BCUT2D eigenvalue weighted by Gasteiger charge is 2.29. The number of amides is 1. The lowest BCUT2D eigenvalue weighted by Crippen LogP contribution is -2.48. The normalized spacial score (nSPS) is 21.5. The van der Waals surface area contributed by atoms with E-state index in [4.69, 9.17) is 14.6 Å². The van der Waals surface area contributed by atoms with Gasteiger partial charge >= 0.3 is 12.1 Å². The second-order valence-electron chi connectivity index (χ2n) is 5.76. The van der Waals surface area contributed by atoms with Crippen LogP contribution in [0.25, 0.3) is 0 Å². The van der Waals surface area contributed by atoms with E-state index in [0.717, 1.165) is 19.3 Å².